The molecule has 0 aliphatic rings. The van der Waals surface area contributed by atoms with E-state index in [1.165, 1.54) is 17.3 Å². The van der Waals surface area contributed by atoms with Gasteiger partial charge in [-0.3, -0.25) is 4.79 Å². The van der Waals surface area contributed by atoms with Gasteiger partial charge in [0.25, 0.3) is 0 Å². The highest BCUT2D eigenvalue weighted by atomic mass is 127. The molecule has 0 spiro atoms. The van der Waals surface area contributed by atoms with Gasteiger partial charge in [-0.1, -0.05) is 37.7 Å². The fraction of sp³-hybridized carbons (Fsp3) is 0.263. The van der Waals surface area contributed by atoms with E-state index < -0.39 is 0 Å². The van der Waals surface area contributed by atoms with E-state index in [2.05, 4.69) is 69.4 Å². The first-order chi connectivity index (χ1) is 12.9. The molecular weight excluding hydrogens is 473 g/mol. The van der Waals surface area contributed by atoms with Crippen molar-refractivity contribution in [3.05, 3.63) is 57.2 Å². The van der Waals surface area contributed by atoms with Crippen LogP contribution < -0.4 is 5.32 Å². The van der Waals surface area contributed by atoms with Crippen LogP contribution in [0.25, 0.3) is 5.69 Å². The molecule has 1 N–H and O–H groups in total. The molecule has 0 bridgehead atoms. The lowest BCUT2D eigenvalue weighted by atomic mass is 10.0. The number of carbonyl (C=O) groups is 1. The third kappa shape index (κ3) is 5.07. The minimum Gasteiger partial charge on any atom is -0.325 e. The fourth-order valence-corrected chi connectivity index (χ4v) is 3.85. The summed E-state index contributed by atoms with van der Waals surface area (Å²) in [6.45, 7) is 6.29. The van der Waals surface area contributed by atoms with E-state index in [0.717, 1.165) is 20.5 Å². The number of thioether (sulfide) groups is 1. The van der Waals surface area contributed by atoms with E-state index in [4.69, 9.17) is 0 Å². The molecule has 27 heavy (non-hydrogen) atoms. The molecule has 1 amide bonds. The SMILES string of the molecule is Cc1cc(I)ccc1NC(=O)CSc1nnnn1-c1ccc(C(C)C)cc1. The summed E-state index contributed by atoms with van der Waals surface area (Å²) in [5.41, 5.74) is 3.99. The zero-order valence-electron chi connectivity index (χ0n) is 15.3. The first kappa shape index (κ1) is 19.8. The molecule has 0 saturated heterocycles. The van der Waals surface area contributed by atoms with Gasteiger partial charge in [-0.25, -0.2) is 0 Å². The van der Waals surface area contributed by atoms with Crippen molar-refractivity contribution < 1.29 is 4.79 Å². The third-order valence-corrected chi connectivity index (χ3v) is 5.63. The van der Waals surface area contributed by atoms with Gasteiger partial charge in [0.05, 0.1) is 11.4 Å². The minimum absolute atomic E-state index is 0.0889. The van der Waals surface area contributed by atoms with Crippen LogP contribution in [0, 0.1) is 10.5 Å². The topological polar surface area (TPSA) is 72.7 Å². The zero-order valence-corrected chi connectivity index (χ0v) is 18.3. The smallest absolute Gasteiger partial charge is 0.234 e. The van der Waals surface area contributed by atoms with Crippen LogP contribution in [0.2, 0.25) is 0 Å². The van der Waals surface area contributed by atoms with Gasteiger partial charge in [0.1, 0.15) is 0 Å². The molecule has 0 radical (unpaired) electrons. The Morgan fingerprint density at radius 2 is 1.96 bits per heavy atom. The monoisotopic (exact) mass is 493 g/mol. The Morgan fingerprint density at radius 1 is 1.22 bits per heavy atom. The van der Waals surface area contributed by atoms with Crippen LogP contribution in [0.15, 0.2) is 47.6 Å². The number of nitrogens with one attached hydrogen (secondary N) is 1. The number of tetrazole rings is 1. The average Bonchev–Trinajstić information content (AvgIpc) is 3.11. The normalized spacial score (nSPS) is 11.0. The second kappa shape index (κ2) is 8.83. The van der Waals surface area contributed by atoms with Crippen molar-refractivity contribution in [1.82, 2.24) is 20.2 Å². The second-order valence-electron chi connectivity index (χ2n) is 6.42. The van der Waals surface area contributed by atoms with Gasteiger partial charge in [0, 0.05) is 9.26 Å². The molecule has 0 unspecified atom stereocenters. The van der Waals surface area contributed by atoms with Gasteiger partial charge < -0.3 is 5.32 Å². The third-order valence-electron chi connectivity index (χ3n) is 4.04. The van der Waals surface area contributed by atoms with Gasteiger partial charge in [0.2, 0.25) is 11.1 Å². The van der Waals surface area contributed by atoms with Crippen LogP contribution in [-0.4, -0.2) is 31.9 Å². The first-order valence-electron chi connectivity index (χ1n) is 8.51. The molecule has 0 atom stereocenters. The lowest BCUT2D eigenvalue weighted by Gasteiger charge is -2.09. The summed E-state index contributed by atoms with van der Waals surface area (Å²) in [6.07, 6.45) is 0. The van der Waals surface area contributed by atoms with Crippen molar-refractivity contribution in [1.29, 1.82) is 0 Å². The zero-order chi connectivity index (χ0) is 19.4. The van der Waals surface area contributed by atoms with E-state index in [-0.39, 0.29) is 11.7 Å². The van der Waals surface area contributed by atoms with Gasteiger partial charge in [-0.05, 0) is 87.3 Å². The van der Waals surface area contributed by atoms with Crippen molar-refractivity contribution in [2.45, 2.75) is 31.8 Å². The Bertz CT molecular complexity index is 940. The molecule has 2 aromatic carbocycles. The Morgan fingerprint density at radius 3 is 2.63 bits per heavy atom. The van der Waals surface area contributed by atoms with Gasteiger partial charge >= 0.3 is 0 Å². The highest BCUT2D eigenvalue weighted by Crippen LogP contribution is 2.22. The summed E-state index contributed by atoms with van der Waals surface area (Å²) >= 11 is 3.56. The van der Waals surface area contributed by atoms with Gasteiger partial charge in [-0.2, -0.15) is 4.68 Å². The van der Waals surface area contributed by atoms with E-state index in [9.17, 15) is 4.79 Å². The minimum atomic E-state index is -0.0889. The van der Waals surface area contributed by atoms with Crippen LogP contribution in [0.5, 0.6) is 0 Å². The number of amides is 1. The summed E-state index contributed by atoms with van der Waals surface area (Å²) in [6, 6.07) is 14.0. The van der Waals surface area contributed by atoms with E-state index in [1.54, 1.807) is 4.68 Å². The molecule has 1 aromatic heterocycles. The highest BCUT2D eigenvalue weighted by Gasteiger charge is 2.13. The van der Waals surface area contributed by atoms with E-state index in [1.807, 2.05) is 37.3 Å². The standard InChI is InChI=1S/C19H20IN5OS/c1-12(2)14-4-7-16(8-5-14)25-19(22-23-24-25)27-11-18(26)21-17-9-6-15(20)10-13(17)3/h4-10,12H,11H2,1-3H3,(H,21,26). The summed E-state index contributed by atoms with van der Waals surface area (Å²) < 4.78 is 2.79. The lowest BCUT2D eigenvalue weighted by molar-refractivity contribution is -0.113. The van der Waals surface area contributed by atoms with Crippen molar-refractivity contribution in [3.63, 3.8) is 0 Å². The van der Waals surface area contributed by atoms with Crippen LogP contribution in [0.3, 0.4) is 0 Å². The molecule has 6 nitrogen and oxygen atoms in total. The molecule has 140 valence electrons. The van der Waals surface area contributed by atoms with Crippen LogP contribution in [0.1, 0.15) is 30.9 Å². The van der Waals surface area contributed by atoms with Crippen molar-refractivity contribution in [3.8, 4) is 5.69 Å². The number of aryl methyl sites for hydroxylation is 1. The number of halogens is 1. The maximum atomic E-state index is 12.3. The molecule has 8 heteroatoms. The number of benzene rings is 2. The van der Waals surface area contributed by atoms with Gasteiger partial charge in [0.15, 0.2) is 0 Å². The van der Waals surface area contributed by atoms with E-state index in [0.29, 0.717) is 11.1 Å². The number of hydrogen-bond acceptors (Lipinski definition) is 5. The number of carbonyl (C=O) groups excluding carboxylic acids is 1. The second-order valence-corrected chi connectivity index (χ2v) is 8.60. The molecule has 0 fully saturated rings. The van der Waals surface area contributed by atoms with Crippen molar-refractivity contribution >= 4 is 45.9 Å². The van der Waals surface area contributed by atoms with Crippen LogP contribution >= 0.6 is 34.4 Å². The Balaban J connectivity index is 1.65. The number of nitrogens with zero attached hydrogens (tertiary/aromatic N) is 4. The lowest BCUT2D eigenvalue weighted by Crippen LogP contribution is -2.15. The molecule has 0 aliphatic carbocycles. The van der Waals surface area contributed by atoms with Gasteiger partial charge in [-0.15, -0.1) is 5.10 Å². The molecule has 3 rings (SSSR count). The maximum Gasteiger partial charge on any atom is 0.234 e. The van der Waals surface area contributed by atoms with Crippen molar-refractivity contribution in [2.24, 2.45) is 0 Å². The number of anilines is 1. The number of hydrogen-bond donors (Lipinski definition) is 1. The Hall–Kier alpha value is -1.94. The number of aromatic nitrogens is 4. The largest absolute Gasteiger partial charge is 0.325 e. The number of rotatable bonds is 6. The molecule has 0 aliphatic heterocycles. The van der Waals surface area contributed by atoms with Crippen LogP contribution in [0.4, 0.5) is 5.69 Å². The van der Waals surface area contributed by atoms with Crippen LogP contribution in [-0.2, 0) is 4.79 Å². The predicted molar refractivity (Wildman–Crippen MR) is 116 cm³/mol. The summed E-state index contributed by atoms with van der Waals surface area (Å²) in [5.74, 6) is 0.611. The highest BCUT2D eigenvalue weighted by molar-refractivity contribution is 14.1. The molecule has 1 heterocycles. The predicted octanol–water partition coefficient (Wildman–Crippen LogP) is 4.43. The van der Waals surface area contributed by atoms with E-state index >= 15 is 0 Å². The summed E-state index contributed by atoms with van der Waals surface area (Å²) in [5, 5.41) is 15.4. The summed E-state index contributed by atoms with van der Waals surface area (Å²) in [4.78, 5) is 12.3. The maximum absolute atomic E-state index is 12.3. The summed E-state index contributed by atoms with van der Waals surface area (Å²) in [7, 11) is 0. The molecule has 0 saturated carbocycles. The fourth-order valence-electron chi connectivity index (χ4n) is 2.52. The molecule has 3 aromatic rings. The Labute approximate surface area is 176 Å². The molecular formula is C19H20IN5OS. The first-order valence-corrected chi connectivity index (χ1v) is 10.6. The quantitative estimate of drug-likeness (QED) is 0.407. The average molecular weight is 493 g/mol. The van der Waals surface area contributed by atoms with Crippen molar-refractivity contribution in [2.75, 3.05) is 11.1 Å². The Kier molecular flexibility index (Phi) is 6.48.